The average molecular weight is 580 g/mol. The fourth-order valence-electron chi connectivity index (χ4n) is 3.91. The van der Waals surface area contributed by atoms with Crippen LogP contribution >= 0.6 is 24.6 Å². The van der Waals surface area contributed by atoms with E-state index in [2.05, 4.69) is 36.1 Å². The number of nitrogens with zero attached hydrogens (tertiary/aromatic N) is 1. The van der Waals surface area contributed by atoms with Crippen LogP contribution in [0.1, 0.15) is 35.2 Å². The largest absolute Gasteiger partial charge is 0.455 e. The molecule has 0 unspecified atom stereocenters. The van der Waals surface area contributed by atoms with Crippen LogP contribution in [0.25, 0.3) is 22.3 Å². The van der Waals surface area contributed by atoms with Gasteiger partial charge in [0.15, 0.2) is 0 Å². The Morgan fingerprint density at radius 3 is 2.17 bits per heavy atom. The minimum Gasteiger partial charge on any atom is -0.455 e. The summed E-state index contributed by atoms with van der Waals surface area (Å²) in [4.78, 5) is 13.4. The van der Waals surface area contributed by atoms with Gasteiger partial charge in [0.1, 0.15) is 17.2 Å². The first-order valence-electron chi connectivity index (χ1n) is 13.0. The molecule has 0 radical (unpaired) electrons. The van der Waals surface area contributed by atoms with Gasteiger partial charge in [0.05, 0.1) is 11.3 Å². The molecule has 1 fully saturated rings. The normalized spacial score (nSPS) is 12.0. The summed E-state index contributed by atoms with van der Waals surface area (Å²) in [5.41, 5.74) is 3.93. The lowest BCUT2D eigenvalue weighted by molar-refractivity contribution is 0.0964. The van der Waals surface area contributed by atoms with Crippen LogP contribution < -0.4 is 14.9 Å². The Bertz CT molecular complexity index is 1330. The topological polar surface area (TPSA) is 57.5 Å². The summed E-state index contributed by atoms with van der Waals surface area (Å²) in [6.45, 7) is 4.54. The fourth-order valence-corrected chi connectivity index (χ4v) is 4.39. The van der Waals surface area contributed by atoms with Gasteiger partial charge >= 0.3 is 0 Å². The van der Waals surface area contributed by atoms with Crippen LogP contribution in [0.15, 0.2) is 76.0 Å². The Morgan fingerprint density at radius 1 is 1.05 bits per heavy atom. The van der Waals surface area contributed by atoms with Gasteiger partial charge in [-0.05, 0) is 80.9 Å². The number of aryl methyl sites for hydroxylation is 1. The molecule has 1 aliphatic heterocycles. The molecule has 0 spiro atoms. The van der Waals surface area contributed by atoms with Crippen LogP contribution in [0.2, 0.25) is 0 Å². The Balaban J connectivity index is 0.000000284. The number of fused-ring (bicyclic) bond motifs is 1. The summed E-state index contributed by atoms with van der Waals surface area (Å²) < 4.78 is 21.2. The van der Waals surface area contributed by atoms with E-state index in [9.17, 15) is 9.18 Å². The third kappa shape index (κ3) is 9.37. The van der Waals surface area contributed by atoms with E-state index in [-0.39, 0.29) is 11.7 Å². The molecule has 0 atom stereocenters. The van der Waals surface area contributed by atoms with E-state index >= 15 is 0 Å². The van der Waals surface area contributed by atoms with E-state index in [0.717, 1.165) is 16.0 Å². The number of carbonyl (C=O) groups excluding carboxylic acids is 1. The van der Waals surface area contributed by atoms with Crippen LogP contribution in [-0.2, 0) is 0 Å². The van der Waals surface area contributed by atoms with Crippen LogP contribution in [-0.4, -0.2) is 39.3 Å². The number of thiol groups is 1. The lowest BCUT2D eigenvalue weighted by Gasteiger charge is -2.14. The Hall–Kier alpha value is -3.38. The molecule has 1 aliphatic rings. The van der Waals surface area contributed by atoms with E-state index in [1.165, 1.54) is 50.0 Å². The number of hydrogen-bond donors (Lipinski definition) is 3. The zero-order chi connectivity index (χ0) is 29.5. The molecule has 40 heavy (non-hydrogen) atoms. The third-order valence-corrected chi connectivity index (χ3v) is 7.45. The van der Waals surface area contributed by atoms with Crippen molar-refractivity contribution in [3.8, 4) is 24.2 Å². The number of benzene rings is 3. The average Bonchev–Trinajstić information content (AvgIpc) is 3.39. The van der Waals surface area contributed by atoms with Gasteiger partial charge in [-0.3, -0.25) is 4.79 Å². The van der Waals surface area contributed by atoms with Crippen molar-refractivity contribution in [3.05, 3.63) is 83.7 Å². The number of carbonyl (C=O) groups is 1. The van der Waals surface area contributed by atoms with Crippen LogP contribution in [0.5, 0.6) is 0 Å². The third-order valence-electron chi connectivity index (χ3n) is 6.19. The predicted octanol–water partition coefficient (Wildman–Crippen LogP) is 7.61. The van der Waals surface area contributed by atoms with Crippen molar-refractivity contribution in [2.75, 3.05) is 37.7 Å². The van der Waals surface area contributed by atoms with Crippen LogP contribution in [0.4, 0.5) is 10.1 Å². The summed E-state index contributed by atoms with van der Waals surface area (Å²) in [6.07, 6.45) is 14.2. The number of furan rings is 1. The number of halogens is 1. The number of rotatable bonds is 4. The number of hydrogen-bond acceptors (Lipinski definition) is 6. The first-order valence-corrected chi connectivity index (χ1v) is 14.6. The van der Waals surface area contributed by atoms with Crippen molar-refractivity contribution >= 4 is 47.1 Å². The summed E-state index contributed by atoms with van der Waals surface area (Å²) >= 11 is 5.77. The van der Waals surface area contributed by atoms with E-state index in [0.29, 0.717) is 22.5 Å². The molecule has 0 aliphatic carbocycles. The van der Waals surface area contributed by atoms with Crippen molar-refractivity contribution in [2.45, 2.75) is 31.1 Å². The second-order valence-electron chi connectivity index (χ2n) is 8.85. The standard InChI is InChI=1S/C18H17FN2O2S.C7H8S.C5H11N.C2H2/c1-20-18(22)16-14-9-8-13(21(2)24-3)10-15(14)23-17(16)11-4-6-12(19)7-5-11;1-6-4-2-3-5-7(6)8;1-2-4-6-5-3-1;1-2/h4-10H,1-3H3,(H,20,22);2-5,8H,1H3;6H,1-5H2;1-2H. The number of nitrogens with one attached hydrogen (secondary N) is 2. The molecule has 1 amide bonds. The second-order valence-corrected chi connectivity index (χ2v) is 10.2. The number of piperidine rings is 1. The van der Waals surface area contributed by atoms with E-state index in [1.807, 2.05) is 67.0 Å². The SMILES string of the molecule is C#C.C1CCNCC1.CNC(=O)c1c(-c2ccc(F)cc2)oc2cc(N(C)SC)ccc12.Cc1ccccc1S. The molecule has 2 N–H and O–H groups in total. The first kappa shape index (κ1) is 32.8. The van der Waals surface area contributed by atoms with Gasteiger partial charge in [0, 0.05) is 42.3 Å². The zero-order valence-electron chi connectivity index (χ0n) is 23.5. The van der Waals surface area contributed by atoms with Crippen molar-refractivity contribution in [1.82, 2.24) is 10.6 Å². The highest BCUT2D eigenvalue weighted by molar-refractivity contribution is 7.99. The summed E-state index contributed by atoms with van der Waals surface area (Å²) in [6, 6.07) is 19.6. The lowest BCUT2D eigenvalue weighted by atomic mass is 10.0. The summed E-state index contributed by atoms with van der Waals surface area (Å²) in [7, 11) is 3.53. The van der Waals surface area contributed by atoms with Crippen LogP contribution in [0.3, 0.4) is 0 Å². The quantitative estimate of drug-likeness (QED) is 0.132. The monoisotopic (exact) mass is 579 g/mol. The van der Waals surface area contributed by atoms with Gasteiger partial charge in [0.25, 0.3) is 5.91 Å². The maximum Gasteiger partial charge on any atom is 0.255 e. The van der Waals surface area contributed by atoms with Crippen LogP contribution in [0, 0.1) is 25.6 Å². The maximum atomic E-state index is 13.2. The van der Waals surface area contributed by atoms with Gasteiger partial charge < -0.3 is 19.4 Å². The number of terminal acetylenes is 1. The smallest absolute Gasteiger partial charge is 0.255 e. The van der Waals surface area contributed by atoms with E-state index < -0.39 is 0 Å². The highest BCUT2D eigenvalue weighted by atomic mass is 32.2. The molecule has 1 aromatic heterocycles. The fraction of sp³-hybridized carbons (Fsp3) is 0.281. The molecule has 8 heteroatoms. The Morgan fingerprint density at radius 2 is 1.70 bits per heavy atom. The molecule has 0 saturated carbocycles. The van der Waals surface area contributed by atoms with E-state index in [4.69, 9.17) is 4.42 Å². The number of anilines is 1. The Kier molecular flexibility index (Phi) is 14.2. The summed E-state index contributed by atoms with van der Waals surface area (Å²) in [5.74, 6) is -0.132. The zero-order valence-corrected chi connectivity index (χ0v) is 25.2. The lowest BCUT2D eigenvalue weighted by Crippen LogP contribution is -2.21. The summed E-state index contributed by atoms with van der Waals surface area (Å²) in [5, 5.41) is 6.66. The van der Waals surface area contributed by atoms with Crippen molar-refractivity contribution in [3.63, 3.8) is 0 Å². The molecule has 1 saturated heterocycles. The second kappa shape index (κ2) is 17.3. The van der Waals surface area contributed by atoms with Gasteiger partial charge in [-0.25, -0.2) is 4.39 Å². The van der Waals surface area contributed by atoms with Gasteiger partial charge in [-0.15, -0.1) is 25.5 Å². The van der Waals surface area contributed by atoms with Gasteiger partial charge in [-0.2, -0.15) is 0 Å². The molecule has 2 heterocycles. The molecule has 0 bridgehead atoms. The first-order chi connectivity index (χ1) is 19.3. The van der Waals surface area contributed by atoms with Gasteiger partial charge in [0.2, 0.25) is 0 Å². The molecule has 5 nitrogen and oxygen atoms in total. The predicted molar refractivity (Wildman–Crippen MR) is 172 cm³/mol. The Labute approximate surface area is 247 Å². The van der Waals surface area contributed by atoms with Crippen molar-refractivity contribution < 1.29 is 13.6 Å². The maximum absolute atomic E-state index is 13.2. The highest BCUT2D eigenvalue weighted by Gasteiger charge is 2.22. The molecule has 5 rings (SSSR count). The van der Waals surface area contributed by atoms with Crippen molar-refractivity contribution in [1.29, 1.82) is 0 Å². The molecule has 212 valence electrons. The highest BCUT2D eigenvalue weighted by Crippen LogP contribution is 2.36. The van der Waals surface area contributed by atoms with Gasteiger partial charge in [-0.1, -0.05) is 36.6 Å². The van der Waals surface area contributed by atoms with Crippen molar-refractivity contribution in [2.24, 2.45) is 0 Å². The van der Waals surface area contributed by atoms with E-state index in [1.54, 1.807) is 31.1 Å². The molecular weight excluding hydrogens is 542 g/mol. The minimum atomic E-state index is -0.333. The molecule has 4 aromatic rings. The molecule has 3 aromatic carbocycles. The molecular formula is C32H38FN3O2S2. The minimum absolute atomic E-state index is 0.237. The number of amides is 1.